The molecule has 0 atom stereocenters. The Morgan fingerprint density at radius 2 is 2.19 bits per heavy atom. The maximum Gasteiger partial charge on any atom is 0.338 e. The smallest absolute Gasteiger partial charge is 0.338 e. The molecule has 86 valence electrons. The number of carbonyl (C=O) groups is 1. The number of halogens is 1. The van der Waals surface area contributed by atoms with Crippen molar-refractivity contribution in [1.82, 2.24) is 0 Å². The van der Waals surface area contributed by atoms with Crippen LogP contribution < -0.4 is 0 Å². The summed E-state index contributed by atoms with van der Waals surface area (Å²) < 4.78 is 4.94. The van der Waals surface area contributed by atoms with Crippen LogP contribution in [0.15, 0.2) is 16.6 Å². The highest BCUT2D eigenvalue weighted by atomic mass is 79.9. The van der Waals surface area contributed by atoms with Crippen LogP contribution in [0, 0.1) is 10.1 Å². The molecule has 0 aliphatic heterocycles. The standard InChI is InChI=1S/C10H10BrNO4/c1-3-6-4-7(10(13)16-2)5-8(9(6)11)12(14)15/h4-5H,3H2,1-2H3. The molecule has 1 rings (SSSR count). The molecule has 0 N–H and O–H groups in total. The van der Waals surface area contributed by atoms with Gasteiger partial charge in [0.05, 0.1) is 22.1 Å². The molecule has 16 heavy (non-hydrogen) atoms. The number of rotatable bonds is 3. The Morgan fingerprint density at radius 3 is 2.62 bits per heavy atom. The van der Waals surface area contributed by atoms with E-state index in [0.717, 1.165) is 0 Å². The van der Waals surface area contributed by atoms with Crippen molar-refractivity contribution in [3.05, 3.63) is 37.8 Å². The van der Waals surface area contributed by atoms with E-state index in [0.29, 0.717) is 16.5 Å². The van der Waals surface area contributed by atoms with Gasteiger partial charge in [-0.3, -0.25) is 10.1 Å². The van der Waals surface area contributed by atoms with Crippen molar-refractivity contribution in [3.63, 3.8) is 0 Å². The molecule has 0 radical (unpaired) electrons. The number of nitro groups is 1. The number of carbonyl (C=O) groups excluding carboxylic acids is 1. The maximum absolute atomic E-state index is 11.3. The maximum atomic E-state index is 11.3. The molecule has 1 aromatic carbocycles. The molecule has 0 saturated heterocycles. The van der Waals surface area contributed by atoms with Gasteiger partial charge >= 0.3 is 5.97 Å². The summed E-state index contributed by atoms with van der Waals surface area (Å²) in [6, 6.07) is 2.79. The molecule has 0 heterocycles. The lowest BCUT2D eigenvalue weighted by Gasteiger charge is -2.05. The summed E-state index contributed by atoms with van der Waals surface area (Å²) >= 11 is 3.15. The van der Waals surface area contributed by atoms with Gasteiger partial charge in [0.1, 0.15) is 0 Å². The minimum atomic E-state index is -0.578. The summed E-state index contributed by atoms with van der Waals surface area (Å²) in [5, 5.41) is 10.8. The van der Waals surface area contributed by atoms with E-state index in [2.05, 4.69) is 20.7 Å². The average Bonchev–Trinajstić information content (AvgIpc) is 2.27. The van der Waals surface area contributed by atoms with Crippen LogP contribution in [0.5, 0.6) is 0 Å². The van der Waals surface area contributed by atoms with E-state index in [1.165, 1.54) is 13.2 Å². The van der Waals surface area contributed by atoms with E-state index in [1.807, 2.05) is 6.92 Å². The second kappa shape index (κ2) is 5.07. The van der Waals surface area contributed by atoms with E-state index in [4.69, 9.17) is 0 Å². The summed E-state index contributed by atoms with van der Waals surface area (Å²) in [5.74, 6) is -0.578. The SMILES string of the molecule is CCc1cc(C(=O)OC)cc([N+](=O)[O-])c1Br. The minimum absolute atomic E-state index is 0.125. The summed E-state index contributed by atoms with van der Waals surface area (Å²) in [6.45, 7) is 1.85. The van der Waals surface area contributed by atoms with Gasteiger partial charge in [-0.25, -0.2) is 4.79 Å². The zero-order valence-electron chi connectivity index (χ0n) is 8.82. The van der Waals surface area contributed by atoms with Gasteiger partial charge in [-0.2, -0.15) is 0 Å². The molecule has 0 spiro atoms. The fourth-order valence-electron chi connectivity index (χ4n) is 1.29. The molecule has 0 bridgehead atoms. The Hall–Kier alpha value is -1.43. The highest BCUT2D eigenvalue weighted by molar-refractivity contribution is 9.10. The molecule has 0 aliphatic carbocycles. The second-order valence-corrected chi connectivity index (χ2v) is 3.86. The average molecular weight is 288 g/mol. The van der Waals surface area contributed by atoms with E-state index < -0.39 is 10.9 Å². The molecule has 6 heteroatoms. The van der Waals surface area contributed by atoms with Crippen molar-refractivity contribution < 1.29 is 14.5 Å². The van der Waals surface area contributed by atoms with Gasteiger partial charge in [0.25, 0.3) is 5.69 Å². The normalized spacial score (nSPS) is 9.94. The molecule has 0 aromatic heterocycles. The molecule has 0 saturated carbocycles. The molecule has 1 aromatic rings. The first-order chi connectivity index (χ1) is 7.51. The number of aryl methyl sites for hydroxylation is 1. The Morgan fingerprint density at radius 1 is 1.56 bits per heavy atom. The Labute approximate surface area is 101 Å². The second-order valence-electron chi connectivity index (χ2n) is 3.07. The largest absolute Gasteiger partial charge is 0.465 e. The minimum Gasteiger partial charge on any atom is -0.465 e. The fourth-order valence-corrected chi connectivity index (χ4v) is 1.95. The first-order valence-corrected chi connectivity index (χ1v) is 5.35. The molecule has 0 fully saturated rings. The van der Waals surface area contributed by atoms with Crippen LogP contribution >= 0.6 is 15.9 Å². The monoisotopic (exact) mass is 287 g/mol. The number of esters is 1. The number of nitrogens with zero attached hydrogens (tertiary/aromatic N) is 1. The van der Waals surface area contributed by atoms with Crippen LogP contribution in [-0.2, 0) is 11.2 Å². The van der Waals surface area contributed by atoms with Crippen molar-refractivity contribution in [2.75, 3.05) is 7.11 Å². The highest BCUT2D eigenvalue weighted by Gasteiger charge is 2.19. The third kappa shape index (κ3) is 2.38. The molecule has 0 unspecified atom stereocenters. The number of hydrogen-bond acceptors (Lipinski definition) is 4. The lowest BCUT2D eigenvalue weighted by Crippen LogP contribution is -2.04. The molecule has 0 aliphatic rings. The highest BCUT2D eigenvalue weighted by Crippen LogP contribution is 2.30. The number of nitro benzene ring substituents is 1. The van der Waals surface area contributed by atoms with Crippen LogP contribution in [0.25, 0.3) is 0 Å². The van der Waals surface area contributed by atoms with Crippen molar-refractivity contribution in [2.24, 2.45) is 0 Å². The van der Waals surface area contributed by atoms with E-state index >= 15 is 0 Å². The molecular formula is C10H10BrNO4. The first-order valence-electron chi connectivity index (χ1n) is 4.56. The van der Waals surface area contributed by atoms with Crippen LogP contribution in [0.1, 0.15) is 22.8 Å². The Kier molecular flexibility index (Phi) is 4.00. The van der Waals surface area contributed by atoms with E-state index in [-0.39, 0.29) is 11.3 Å². The predicted molar refractivity (Wildman–Crippen MR) is 61.5 cm³/mol. The first kappa shape index (κ1) is 12.6. The van der Waals surface area contributed by atoms with Crippen LogP contribution in [0.2, 0.25) is 0 Å². The van der Waals surface area contributed by atoms with Crippen LogP contribution in [-0.4, -0.2) is 18.0 Å². The van der Waals surface area contributed by atoms with Gasteiger partial charge in [-0.05, 0) is 34.0 Å². The summed E-state index contributed by atoms with van der Waals surface area (Å²) in [6.07, 6.45) is 0.590. The molecule has 0 amide bonds. The summed E-state index contributed by atoms with van der Waals surface area (Å²) in [4.78, 5) is 21.6. The van der Waals surface area contributed by atoms with Crippen LogP contribution in [0.4, 0.5) is 5.69 Å². The van der Waals surface area contributed by atoms with Crippen LogP contribution in [0.3, 0.4) is 0 Å². The topological polar surface area (TPSA) is 69.4 Å². The fraction of sp³-hybridized carbons (Fsp3) is 0.300. The van der Waals surface area contributed by atoms with Crippen molar-refractivity contribution >= 4 is 27.6 Å². The number of hydrogen-bond donors (Lipinski definition) is 0. The molecule has 5 nitrogen and oxygen atoms in total. The Balaban J connectivity index is 3.40. The van der Waals surface area contributed by atoms with E-state index in [1.54, 1.807) is 6.07 Å². The number of benzene rings is 1. The zero-order chi connectivity index (χ0) is 12.3. The van der Waals surface area contributed by atoms with Gasteiger partial charge in [-0.15, -0.1) is 0 Å². The quantitative estimate of drug-likeness (QED) is 0.487. The third-order valence-corrected chi connectivity index (χ3v) is 3.04. The molecular weight excluding hydrogens is 278 g/mol. The van der Waals surface area contributed by atoms with Gasteiger partial charge < -0.3 is 4.74 Å². The zero-order valence-corrected chi connectivity index (χ0v) is 10.4. The lowest BCUT2D eigenvalue weighted by molar-refractivity contribution is -0.385. The van der Waals surface area contributed by atoms with Gasteiger partial charge in [0.2, 0.25) is 0 Å². The summed E-state index contributed by atoms with van der Waals surface area (Å²) in [5.41, 5.74) is 0.767. The third-order valence-electron chi connectivity index (χ3n) is 2.13. The lowest BCUT2D eigenvalue weighted by atomic mass is 10.1. The Bertz CT molecular complexity index is 445. The number of methoxy groups -OCH3 is 1. The van der Waals surface area contributed by atoms with Crippen molar-refractivity contribution in [2.45, 2.75) is 13.3 Å². The van der Waals surface area contributed by atoms with Gasteiger partial charge in [0.15, 0.2) is 0 Å². The van der Waals surface area contributed by atoms with Gasteiger partial charge in [0, 0.05) is 6.07 Å². The summed E-state index contributed by atoms with van der Waals surface area (Å²) in [7, 11) is 1.24. The van der Waals surface area contributed by atoms with Gasteiger partial charge in [-0.1, -0.05) is 6.92 Å². The van der Waals surface area contributed by atoms with Crippen molar-refractivity contribution in [3.8, 4) is 0 Å². The predicted octanol–water partition coefficient (Wildman–Crippen LogP) is 2.71. The van der Waals surface area contributed by atoms with Crippen molar-refractivity contribution in [1.29, 1.82) is 0 Å². The van der Waals surface area contributed by atoms with E-state index in [9.17, 15) is 14.9 Å². The number of ether oxygens (including phenoxy) is 1.